The molecule has 96 valence electrons. The number of aryl methyl sites for hydroxylation is 2. The Morgan fingerprint density at radius 2 is 2.05 bits per heavy atom. The van der Waals surface area contributed by atoms with Crippen LogP contribution < -0.4 is 5.73 Å². The van der Waals surface area contributed by atoms with Gasteiger partial charge >= 0.3 is 0 Å². The van der Waals surface area contributed by atoms with Crippen LogP contribution in [0.25, 0.3) is 11.0 Å². The predicted octanol–water partition coefficient (Wildman–Crippen LogP) is 2.45. The Hall–Kier alpha value is -2.36. The molecular weight excluding hydrogens is 236 g/mol. The maximum absolute atomic E-state index is 5.73. The number of anilines is 1. The first-order valence-electron chi connectivity index (χ1n) is 6.26. The van der Waals surface area contributed by atoms with Crippen LogP contribution in [-0.2, 0) is 13.5 Å². The molecule has 1 aromatic carbocycles. The molecule has 4 nitrogen and oxygen atoms in total. The van der Waals surface area contributed by atoms with E-state index in [1.165, 1.54) is 0 Å². The van der Waals surface area contributed by atoms with Crippen LogP contribution in [0.3, 0.4) is 0 Å². The summed E-state index contributed by atoms with van der Waals surface area (Å²) in [6.45, 7) is 2.03. The SMILES string of the molecule is Cc1cc(N)cnc1Cc1nc2ccccc2n1C. The molecule has 2 heterocycles. The van der Waals surface area contributed by atoms with Gasteiger partial charge in [0.25, 0.3) is 0 Å². The molecule has 0 aliphatic rings. The first-order valence-corrected chi connectivity index (χ1v) is 6.26. The van der Waals surface area contributed by atoms with Gasteiger partial charge in [-0.25, -0.2) is 4.98 Å². The molecule has 0 radical (unpaired) electrons. The van der Waals surface area contributed by atoms with Gasteiger partial charge in [-0.05, 0) is 30.7 Å². The molecule has 0 spiro atoms. The highest BCUT2D eigenvalue weighted by Crippen LogP contribution is 2.18. The van der Waals surface area contributed by atoms with Gasteiger partial charge in [-0.2, -0.15) is 0 Å². The first kappa shape index (κ1) is 11.7. The Balaban J connectivity index is 2.03. The average molecular weight is 252 g/mol. The van der Waals surface area contributed by atoms with Crippen LogP contribution in [-0.4, -0.2) is 14.5 Å². The van der Waals surface area contributed by atoms with Gasteiger partial charge in [0.1, 0.15) is 5.82 Å². The summed E-state index contributed by atoms with van der Waals surface area (Å²) in [5, 5.41) is 0. The molecule has 0 saturated carbocycles. The lowest BCUT2D eigenvalue weighted by molar-refractivity contribution is 0.828. The Morgan fingerprint density at radius 1 is 1.26 bits per heavy atom. The molecule has 3 aromatic rings. The number of nitrogen functional groups attached to an aromatic ring is 1. The molecule has 2 N–H and O–H groups in total. The number of pyridine rings is 1. The third kappa shape index (κ3) is 2.05. The standard InChI is InChI=1S/C15H16N4/c1-10-7-11(16)9-17-13(10)8-15-18-12-5-3-4-6-14(12)19(15)2/h3-7,9H,8,16H2,1-2H3. The van der Waals surface area contributed by atoms with E-state index in [-0.39, 0.29) is 0 Å². The number of imidazole rings is 1. The lowest BCUT2D eigenvalue weighted by Gasteiger charge is -2.06. The third-order valence-corrected chi connectivity index (χ3v) is 3.41. The van der Waals surface area contributed by atoms with E-state index in [9.17, 15) is 0 Å². The Bertz CT molecular complexity index is 743. The Morgan fingerprint density at radius 3 is 2.79 bits per heavy atom. The normalized spacial score (nSPS) is 11.1. The lowest BCUT2D eigenvalue weighted by atomic mass is 10.1. The lowest BCUT2D eigenvalue weighted by Crippen LogP contribution is -2.03. The van der Waals surface area contributed by atoms with E-state index in [1.807, 2.05) is 38.2 Å². The smallest absolute Gasteiger partial charge is 0.115 e. The number of rotatable bonds is 2. The molecule has 0 saturated heterocycles. The number of hydrogen-bond acceptors (Lipinski definition) is 3. The summed E-state index contributed by atoms with van der Waals surface area (Å²) in [5.41, 5.74) is 10.7. The van der Waals surface area contributed by atoms with Crippen molar-refractivity contribution in [3.05, 3.63) is 53.6 Å². The predicted molar refractivity (Wildman–Crippen MR) is 76.9 cm³/mol. The van der Waals surface area contributed by atoms with E-state index in [0.717, 1.165) is 34.5 Å². The van der Waals surface area contributed by atoms with E-state index >= 15 is 0 Å². The maximum Gasteiger partial charge on any atom is 0.115 e. The van der Waals surface area contributed by atoms with Crippen molar-refractivity contribution in [2.45, 2.75) is 13.3 Å². The van der Waals surface area contributed by atoms with E-state index in [0.29, 0.717) is 5.69 Å². The monoisotopic (exact) mass is 252 g/mol. The summed E-state index contributed by atoms with van der Waals surface area (Å²) in [6.07, 6.45) is 2.42. The van der Waals surface area contributed by atoms with Crippen LogP contribution in [0.1, 0.15) is 17.1 Å². The topological polar surface area (TPSA) is 56.7 Å². The zero-order chi connectivity index (χ0) is 13.4. The minimum absolute atomic E-state index is 0.700. The summed E-state index contributed by atoms with van der Waals surface area (Å²) in [4.78, 5) is 9.07. The summed E-state index contributed by atoms with van der Waals surface area (Å²) in [5.74, 6) is 1.02. The number of aromatic nitrogens is 3. The molecule has 3 rings (SSSR count). The van der Waals surface area contributed by atoms with Gasteiger partial charge in [0, 0.05) is 13.5 Å². The fourth-order valence-electron chi connectivity index (χ4n) is 2.31. The first-order chi connectivity index (χ1) is 9.15. The highest BCUT2D eigenvalue weighted by Gasteiger charge is 2.10. The second-order valence-corrected chi connectivity index (χ2v) is 4.78. The van der Waals surface area contributed by atoms with Crippen LogP contribution >= 0.6 is 0 Å². The number of benzene rings is 1. The zero-order valence-electron chi connectivity index (χ0n) is 11.1. The molecule has 0 fully saturated rings. The Labute approximate surface area is 111 Å². The van der Waals surface area contributed by atoms with Crippen LogP contribution in [0.15, 0.2) is 36.5 Å². The van der Waals surface area contributed by atoms with Crippen molar-refractivity contribution in [3.63, 3.8) is 0 Å². The summed E-state index contributed by atoms with van der Waals surface area (Å²) in [7, 11) is 2.04. The molecule has 0 aliphatic carbocycles. The van der Waals surface area contributed by atoms with Crippen molar-refractivity contribution in [2.75, 3.05) is 5.73 Å². The van der Waals surface area contributed by atoms with Gasteiger partial charge < -0.3 is 10.3 Å². The number of fused-ring (bicyclic) bond motifs is 1. The maximum atomic E-state index is 5.73. The molecule has 0 unspecified atom stereocenters. The molecular formula is C15H16N4. The second kappa shape index (κ2) is 4.39. The quantitative estimate of drug-likeness (QED) is 0.762. The number of nitrogens with zero attached hydrogens (tertiary/aromatic N) is 3. The molecule has 0 bridgehead atoms. The molecule has 4 heteroatoms. The van der Waals surface area contributed by atoms with Gasteiger partial charge in [0.15, 0.2) is 0 Å². The molecule has 0 aliphatic heterocycles. The Kier molecular flexibility index (Phi) is 2.71. The minimum Gasteiger partial charge on any atom is -0.397 e. The van der Waals surface area contributed by atoms with Crippen LogP contribution in [0.4, 0.5) is 5.69 Å². The van der Waals surface area contributed by atoms with E-state index in [4.69, 9.17) is 5.73 Å². The molecule has 0 atom stereocenters. The summed E-state index contributed by atoms with van der Waals surface area (Å²) in [6, 6.07) is 10.1. The summed E-state index contributed by atoms with van der Waals surface area (Å²) < 4.78 is 2.12. The van der Waals surface area contributed by atoms with Crippen molar-refractivity contribution in [2.24, 2.45) is 7.05 Å². The highest BCUT2D eigenvalue weighted by atomic mass is 15.1. The van der Waals surface area contributed by atoms with Crippen LogP contribution in [0.2, 0.25) is 0 Å². The van der Waals surface area contributed by atoms with Crippen molar-refractivity contribution in [1.29, 1.82) is 0 Å². The van der Waals surface area contributed by atoms with Crippen molar-refractivity contribution >= 4 is 16.7 Å². The van der Waals surface area contributed by atoms with E-state index in [1.54, 1.807) is 6.20 Å². The number of para-hydroxylation sites is 2. The number of nitrogens with two attached hydrogens (primary N) is 1. The van der Waals surface area contributed by atoms with E-state index in [2.05, 4.69) is 20.6 Å². The molecule has 0 amide bonds. The van der Waals surface area contributed by atoms with Crippen molar-refractivity contribution in [3.8, 4) is 0 Å². The summed E-state index contributed by atoms with van der Waals surface area (Å²) >= 11 is 0. The fourth-order valence-corrected chi connectivity index (χ4v) is 2.31. The van der Waals surface area contributed by atoms with Gasteiger partial charge in [-0.1, -0.05) is 12.1 Å². The number of hydrogen-bond donors (Lipinski definition) is 1. The third-order valence-electron chi connectivity index (χ3n) is 3.41. The molecule has 2 aromatic heterocycles. The second-order valence-electron chi connectivity index (χ2n) is 4.78. The van der Waals surface area contributed by atoms with Gasteiger partial charge in [-0.15, -0.1) is 0 Å². The zero-order valence-corrected chi connectivity index (χ0v) is 11.1. The van der Waals surface area contributed by atoms with Crippen LogP contribution in [0, 0.1) is 6.92 Å². The van der Waals surface area contributed by atoms with E-state index < -0.39 is 0 Å². The largest absolute Gasteiger partial charge is 0.397 e. The minimum atomic E-state index is 0.700. The van der Waals surface area contributed by atoms with Crippen molar-refractivity contribution in [1.82, 2.24) is 14.5 Å². The highest BCUT2D eigenvalue weighted by molar-refractivity contribution is 5.75. The average Bonchev–Trinajstić information content (AvgIpc) is 2.70. The van der Waals surface area contributed by atoms with Gasteiger partial charge in [0.2, 0.25) is 0 Å². The van der Waals surface area contributed by atoms with Crippen LogP contribution in [0.5, 0.6) is 0 Å². The van der Waals surface area contributed by atoms with Crippen molar-refractivity contribution < 1.29 is 0 Å². The molecule has 19 heavy (non-hydrogen) atoms. The fraction of sp³-hybridized carbons (Fsp3) is 0.200. The van der Waals surface area contributed by atoms with Gasteiger partial charge in [0.05, 0.1) is 28.6 Å². The van der Waals surface area contributed by atoms with Gasteiger partial charge in [-0.3, -0.25) is 4.98 Å².